The Balaban J connectivity index is 0.00000363. The molecule has 32 heavy (non-hydrogen) atoms. The number of rotatable bonds is 11. The molecular weight excluding hydrogens is 468 g/mol. The molecular formula is C26H29BrN2O3. The van der Waals surface area contributed by atoms with Gasteiger partial charge in [0.2, 0.25) is 0 Å². The number of ketones is 1. The molecule has 0 aliphatic rings. The standard InChI is InChI=1S/C26H28N2O3.BrH/c1-21(29)24-11-5-6-12-25(24)27-26(30)22-13-15-23(16-14-22)31-20-10-3-2-7-17-28-18-8-4-9-19-28;/h4-6,8-9,11-16,18-19H,2-3,7,10,17,20H2,1H3;1H. The first-order chi connectivity index (χ1) is 15.1. The van der Waals surface area contributed by atoms with Crippen molar-refractivity contribution in [2.24, 2.45) is 0 Å². The van der Waals surface area contributed by atoms with Gasteiger partial charge in [-0.15, -0.1) is 0 Å². The molecule has 0 spiro atoms. The van der Waals surface area contributed by atoms with Crippen LogP contribution in [0.15, 0.2) is 79.1 Å². The number of carbonyl (C=O) groups excluding carboxylic acids is 2. The van der Waals surface area contributed by atoms with Gasteiger partial charge in [-0.25, -0.2) is 4.57 Å². The predicted molar refractivity (Wildman–Crippen MR) is 121 cm³/mol. The molecule has 2 aromatic carbocycles. The molecule has 0 aliphatic heterocycles. The lowest BCUT2D eigenvalue weighted by molar-refractivity contribution is -0.697. The number of unbranched alkanes of at least 4 members (excludes halogenated alkanes) is 3. The molecule has 1 aromatic heterocycles. The quantitative estimate of drug-likeness (QED) is 0.251. The molecule has 0 saturated carbocycles. The third kappa shape index (κ3) is 7.93. The third-order valence-electron chi connectivity index (χ3n) is 5.03. The zero-order chi connectivity index (χ0) is 21.9. The maximum atomic E-state index is 12.5. The van der Waals surface area contributed by atoms with Crippen molar-refractivity contribution in [2.75, 3.05) is 11.9 Å². The first-order valence-corrected chi connectivity index (χ1v) is 10.7. The number of nitrogens with zero attached hydrogens (tertiary/aromatic N) is 1. The number of amides is 1. The first-order valence-electron chi connectivity index (χ1n) is 10.7. The largest absolute Gasteiger partial charge is 1.00 e. The zero-order valence-corrected chi connectivity index (χ0v) is 19.9. The number of pyridine rings is 1. The van der Waals surface area contributed by atoms with Crippen LogP contribution in [0, 0.1) is 0 Å². The van der Waals surface area contributed by atoms with Crippen molar-refractivity contribution in [3.05, 3.63) is 90.3 Å². The van der Waals surface area contributed by atoms with Crippen molar-refractivity contribution >= 4 is 17.4 Å². The summed E-state index contributed by atoms with van der Waals surface area (Å²) in [5.74, 6) is 0.413. The van der Waals surface area contributed by atoms with E-state index in [9.17, 15) is 9.59 Å². The van der Waals surface area contributed by atoms with Crippen molar-refractivity contribution in [1.82, 2.24) is 0 Å². The average molecular weight is 497 g/mol. The van der Waals surface area contributed by atoms with E-state index >= 15 is 0 Å². The summed E-state index contributed by atoms with van der Waals surface area (Å²) in [4.78, 5) is 24.2. The lowest BCUT2D eigenvalue weighted by Gasteiger charge is -2.10. The van der Waals surface area contributed by atoms with Gasteiger partial charge in [0, 0.05) is 29.7 Å². The van der Waals surface area contributed by atoms with Crippen LogP contribution in [0.2, 0.25) is 0 Å². The Morgan fingerprint density at radius 2 is 1.53 bits per heavy atom. The molecule has 3 rings (SSSR count). The summed E-state index contributed by atoms with van der Waals surface area (Å²) >= 11 is 0. The second-order valence-electron chi connectivity index (χ2n) is 7.46. The fraction of sp³-hybridized carbons (Fsp3) is 0.269. The summed E-state index contributed by atoms with van der Waals surface area (Å²) in [5, 5.41) is 2.81. The number of para-hydroxylation sites is 1. The molecule has 0 unspecified atom stereocenters. The minimum absolute atomic E-state index is 0. The van der Waals surface area contributed by atoms with Crippen LogP contribution in [-0.2, 0) is 6.54 Å². The number of benzene rings is 2. The second kappa shape index (κ2) is 13.4. The van der Waals surface area contributed by atoms with Gasteiger partial charge in [-0.05, 0) is 62.6 Å². The topological polar surface area (TPSA) is 59.3 Å². The van der Waals surface area contributed by atoms with Crippen LogP contribution in [-0.4, -0.2) is 18.3 Å². The van der Waals surface area contributed by atoms with Crippen LogP contribution in [0.5, 0.6) is 5.75 Å². The Bertz CT molecular complexity index is 991. The minimum atomic E-state index is -0.253. The summed E-state index contributed by atoms with van der Waals surface area (Å²) in [6, 6.07) is 20.2. The van der Waals surface area contributed by atoms with Gasteiger partial charge < -0.3 is 27.0 Å². The van der Waals surface area contributed by atoms with Crippen molar-refractivity contribution in [3.63, 3.8) is 0 Å². The van der Waals surface area contributed by atoms with Crippen LogP contribution < -0.4 is 31.6 Å². The van der Waals surface area contributed by atoms with Gasteiger partial charge in [0.15, 0.2) is 18.2 Å². The maximum absolute atomic E-state index is 12.5. The maximum Gasteiger partial charge on any atom is 0.255 e. The van der Waals surface area contributed by atoms with E-state index in [2.05, 4.69) is 22.3 Å². The van der Waals surface area contributed by atoms with Crippen molar-refractivity contribution in [2.45, 2.75) is 39.2 Å². The van der Waals surface area contributed by atoms with Crippen LogP contribution in [0.1, 0.15) is 53.3 Å². The molecule has 3 aromatic rings. The lowest BCUT2D eigenvalue weighted by atomic mass is 10.1. The molecule has 1 heterocycles. The Hall–Kier alpha value is -2.99. The van der Waals surface area contributed by atoms with E-state index in [1.807, 2.05) is 18.2 Å². The van der Waals surface area contributed by atoms with E-state index in [0.717, 1.165) is 31.6 Å². The molecule has 1 amide bonds. The van der Waals surface area contributed by atoms with E-state index in [-0.39, 0.29) is 28.7 Å². The highest BCUT2D eigenvalue weighted by atomic mass is 79.9. The Labute approximate surface area is 200 Å². The number of Topliss-reactive ketones (excluding diaryl/α,β-unsaturated/α-hetero) is 1. The average Bonchev–Trinajstić information content (AvgIpc) is 2.79. The van der Waals surface area contributed by atoms with Crippen molar-refractivity contribution in [1.29, 1.82) is 0 Å². The monoisotopic (exact) mass is 496 g/mol. The summed E-state index contributed by atoms with van der Waals surface area (Å²) in [6.45, 7) is 3.19. The Morgan fingerprint density at radius 1 is 0.844 bits per heavy atom. The fourth-order valence-electron chi connectivity index (χ4n) is 3.32. The van der Waals surface area contributed by atoms with Gasteiger partial charge in [-0.1, -0.05) is 18.2 Å². The highest BCUT2D eigenvalue weighted by Crippen LogP contribution is 2.18. The SMILES string of the molecule is CC(=O)c1ccccc1NC(=O)c1ccc(OCCCCCC[n+]2ccccc2)cc1.[Br-]. The minimum Gasteiger partial charge on any atom is -1.00 e. The number of halogens is 1. The van der Waals surface area contributed by atoms with E-state index in [1.54, 1.807) is 48.5 Å². The van der Waals surface area contributed by atoms with E-state index < -0.39 is 0 Å². The third-order valence-corrected chi connectivity index (χ3v) is 5.03. The fourth-order valence-corrected chi connectivity index (χ4v) is 3.32. The number of aryl methyl sites for hydroxylation is 1. The first kappa shape index (κ1) is 25.3. The number of hydrogen-bond donors (Lipinski definition) is 1. The van der Waals surface area contributed by atoms with Crippen molar-refractivity contribution in [3.8, 4) is 5.75 Å². The van der Waals surface area contributed by atoms with Gasteiger partial charge in [0.1, 0.15) is 12.3 Å². The molecule has 0 saturated heterocycles. The zero-order valence-electron chi connectivity index (χ0n) is 18.3. The van der Waals surface area contributed by atoms with Crippen LogP contribution in [0.4, 0.5) is 5.69 Å². The van der Waals surface area contributed by atoms with E-state index in [0.29, 0.717) is 23.4 Å². The number of nitrogens with one attached hydrogen (secondary N) is 1. The van der Waals surface area contributed by atoms with Gasteiger partial charge in [-0.3, -0.25) is 9.59 Å². The van der Waals surface area contributed by atoms with Gasteiger partial charge >= 0.3 is 0 Å². The lowest BCUT2D eigenvalue weighted by Crippen LogP contribution is -3.00. The summed E-state index contributed by atoms with van der Waals surface area (Å²) in [6.07, 6.45) is 8.65. The van der Waals surface area contributed by atoms with Crippen molar-refractivity contribution < 1.29 is 35.9 Å². The van der Waals surface area contributed by atoms with Gasteiger partial charge in [0.25, 0.3) is 5.91 Å². The molecule has 6 heteroatoms. The molecule has 0 aliphatic carbocycles. The number of carbonyl (C=O) groups is 2. The van der Waals surface area contributed by atoms with E-state index in [4.69, 9.17) is 4.74 Å². The molecule has 0 fully saturated rings. The van der Waals surface area contributed by atoms with Crippen LogP contribution >= 0.6 is 0 Å². The molecule has 0 radical (unpaired) electrons. The smallest absolute Gasteiger partial charge is 0.255 e. The molecule has 1 N–H and O–H groups in total. The predicted octanol–water partition coefficient (Wildman–Crippen LogP) is 2.07. The Morgan fingerprint density at radius 3 is 2.25 bits per heavy atom. The summed E-state index contributed by atoms with van der Waals surface area (Å²) < 4.78 is 7.99. The van der Waals surface area contributed by atoms with Crippen LogP contribution in [0.3, 0.4) is 0 Å². The Kier molecular flexibility index (Phi) is 10.6. The van der Waals surface area contributed by atoms with E-state index in [1.165, 1.54) is 13.3 Å². The number of hydrogen-bond acceptors (Lipinski definition) is 3. The normalized spacial score (nSPS) is 10.2. The number of aromatic nitrogens is 1. The second-order valence-corrected chi connectivity index (χ2v) is 7.46. The molecule has 168 valence electrons. The highest BCUT2D eigenvalue weighted by Gasteiger charge is 2.11. The van der Waals surface area contributed by atoms with Gasteiger partial charge in [0.05, 0.1) is 12.3 Å². The van der Waals surface area contributed by atoms with Gasteiger partial charge in [-0.2, -0.15) is 0 Å². The summed E-state index contributed by atoms with van der Waals surface area (Å²) in [5.41, 5.74) is 1.54. The molecule has 0 atom stereocenters. The highest BCUT2D eigenvalue weighted by molar-refractivity contribution is 6.09. The summed E-state index contributed by atoms with van der Waals surface area (Å²) in [7, 11) is 0. The molecule has 5 nitrogen and oxygen atoms in total. The van der Waals surface area contributed by atoms with Crippen LogP contribution in [0.25, 0.3) is 0 Å². The molecule has 0 bridgehead atoms. The number of ether oxygens (including phenoxy) is 1. The number of anilines is 1.